The van der Waals surface area contributed by atoms with E-state index in [1.54, 1.807) is 36.1 Å². The van der Waals surface area contributed by atoms with Crippen LogP contribution in [0.2, 0.25) is 0 Å². The third-order valence-corrected chi connectivity index (χ3v) is 4.30. The summed E-state index contributed by atoms with van der Waals surface area (Å²) >= 11 is 0. The lowest BCUT2D eigenvalue weighted by Gasteiger charge is -2.07. The van der Waals surface area contributed by atoms with E-state index in [2.05, 4.69) is 9.82 Å². The Morgan fingerprint density at radius 1 is 1.30 bits per heavy atom. The molecule has 0 saturated heterocycles. The molecule has 0 spiro atoms. The van der Waals surface area contributed by atoms with E-state index < -0.39 is 10.0 Å². The first kappa shape index (κ1) is 14.2. The van der Waals surface area contributed by atoms with Crippen LogP contribution in [0.5, 0.6) is 0 Å². The summed E-state index contributed by atoms with van der Waals surface area (Å²) in [7, 11) is -1.81. The predicted octanol–water partition coefficient (Wildman–Crippen LogP) is 0.965. The molecule has 1 aromatic carbocycles. The molecule has 0 bridgehead atoms. The Kier molecular flexibility index (Phi) is 4.17. The van der Waals surface area contributed by atoms with Gasteiger partial charge < -0.3 is 0 Å². The highest BCUT2D eigenvalue weighted by Gasteiger charge is 2.14. The standard InChI is InChI=1S/C13H14N4O2S/c1-17-12(7-9-15-17)10-16-20(18,19)13-4-2-11(3-5-13)6-8-14/h2-5,7,9,16H,6,10H2,1H3. The Hall–Kier alpha value is -2.17. The molecule has 0 saturated carbocycles. The van der Waals surface area contributed by atoms with Gasteiger partial charge in [-0.1, -0.05) is 12.1 Å². The van der Waals surface area contributed by atoms with Gasteiger partial charge in [-0.3, -0.25) is 4.68 Å². The first-order valence-electron chi connectivity index (χ1n) is 5.95. The number of rotatable bonds is 5. The Bertz CT molecular complexity index is 726. The number of hydrogen-bond acceptors (Lipinski definition) is 4. The van der Waals surface area contributed by atoms with E-state index in [1.807, 2.05) is 6.07 Å². The molecule has 1 heterocycles. The SMILES string of the molecule is Cn1nccc1CNS(=O)(=O)c1ccc(CC#N)cc1. The number of nitrogens with one attached hydrogen (secondary N) is 1. The van der Waals surface area contributed by atoms with Crippen molar-refractivity contribution in [3.05, 3.63) is 47.8 Å². The number of hydrogen-bond donors (Lipinski definition) is 1. The van der Waals surface area contributed by atoms with E-state index in [9.17, 15) is 8.42 Å². The highest BCUT2D eigenvalue weighted by atomic mass is 32.2. The average molecular weight is 290 g/mol. The van der Waals surface area contributed by atoms with Crippen LogP contribution >= 0.6 is 0 Å². The Morgan fingerprint density at radius 2 is 2.00 bits per heavy atom. The molecule has 1 N–H and O–H groups in total. The third-order valence-electron chi connectivity index (χ3n) is 2.88. The van der Waals surface area contributed by atoms with E-state index in [-0.39, 0.29) is 17.9 Å². The number of benzene rings is 1. The monoisotopic (exact) mass is 290 g/mol. The normalized spacial score (nSPS) is 11.2. The molecule has 104 valence electrons. The van der Waals surface area contributed by atoms with E-state index in [0.717, 1.165) is 11.3 Å². The van der Waals surface area contributed by atoms with Crippen molar-refractivity contribution < 1.29 is 8.42 Å². The van der Waals surface area contributed by atoms with Gasteiger partial charge in [-0.25, -0.2) is 13.1 Å². The smallest absolute Gasteiger partial charge is 0.240 e. The molecule has 2 aromatic rings. The highest BCUT2D eigenvalue weighted by molar-refractivity contribution is 7.89. The molecule has 0 aliphatic rings. The van der Waals surface area contributed by atoms with Crippen LogP contribution in [-0.4, -0.2) is 18.2 Å². The first-order valence-corrected chi connectivity index (χ1v) is 7.43. The second kappa shape index (κ2) is 5.86. The average Bonchev–Trinajstić information content (AvgIpc) is 2.83. The third kappa shape index (κ3) is 3.23. The van der Waals surface area contributed by atoms with E-state index in [0.29, 0.717) is 0 Å². The van der Waals surface area contributed by atoms with Crippen LogP contribution in [0.3, 0.4) is 0 Å². The van der Waals surface area contributed by atoms with Crippen molar-refractivity contribution in [1.82, 2.24) is 14.5 Å². The van der Waals surface area contributed by atoms with Gasteiger partial charge in [0.2, 0.25) is 10.0 Å². The van der Waals surface area contributed by atoms with Gasteiger partial charge in [-0.2, -0.15) is 10.4 Å². The zero-order valence-corrected chi connectivity index (χ0v) is 11.8. The van der Waals surface area contributed by atoms with Crippen LogP contribution in [-0.2, 0) is 30.0 Å². The van der Waals surface area contributed by atoms with Crippen molar-refractivity contribution in [3.8, 4) is 6.07 Å². The Balaban J connectivity index is 2.10. The van der Waals surface area contributed by atoms with Gasteiger partial charge in [0.15, 0.2) is 0 Å². The van der Waals surface area contributed by atoms with Gasteiger partial charge in [0.05, 0.1) is 29.6 Å². The molecule has 1 aromatic heterocycles. The van der Waals surface area contributed by atoms with Crippen molar-refractivity contribution in [2.75, 3.05) is 0 Å². The minimum atomic E-state index is -3.56. The molecule has 2 rings (SSSR count). The van der Waals surface area contributed by atoms with Crippen LogP contribution in [0, 0.1) is 11.3 Å². The maximum atomic E-state index is 12.1. The number of aryl methyl sites for hydroxylation is 1. The summed E-state index contributed by atoms with van der Waals surface area (Å²) in [5, 5.41) is 12.5. The highest BCUT2D eigenvalue weighted by Crippen LogP contribution is 2.11. The fourth-order valence-electron chi connectivity index (χ4n) is 1.70. The lowest BCUT2D eigenvalue weighted by Crippen LogP contribution is -2.24. The molecule has 6 nitrogen and oxygen atoms in total. The van der Waals surface area contributed by atoms with Gasteiger partial charge in [0.25, 0.3) is 0 Å². The minimum absolute atomic E-state index is 0.179. The van der Waals surface area contributed by atoms with E-state index >= 15 is 0 Å². The van der Waals surface area contributed by atoms with E-state index in [1.165, 1.54) is 12.1 Å². The zero-order valence-electron chi connectivity index (χ0n) is 10.9. The number of nitriles is 1. The largest absolute Gasteiger partial charge is 0.271 e. The second-order valence-corrected chi connectivity index (χ2v) is 6.02. The van der Waals surface area contributed by atoms with Crippen LogP contribution < -0.4 is 4.72 Å². The number of sulfonamides is 1. The summed E-state index contributed by atoms with van der Waals surface area (Å²) < 4.78 is 28.3. The molecule has 20 heavy (non-hydrogen) atoms. The van der Waals surface area contributed by atoms with Gasteiger partial charge in [0, 0.05) is 13.2 Å². The van der Waals surface area contributed by atoms with Gasteiger partial charge in [0.1, 0.15) is 0 Å². The molecular weight excluding hydrogens is 276 g/mol. The predicted molar refractivity (Wildman–Crippen MR) is 73.0 cm³/mol. The van der Waals surface area contributed by atoms with Crippen molar-refractivity contribution >= 4 is 10.0 Å². The number of aromatic nitrogens is 2. The molecule has 0 radical (unpaired) electrons. The lowest BCUT2D eigenvalue weighted by atomic mass is 10.2. The topological polar surface area (TPSA) is 87.8 Å². The number of nitrogens with zero attached hydrogens (tertiary/aromatic N) is 3. The summed E-state index contributed by atoms with van der Waals surface area (Å²) in [5.74, 6) is 0. The minimum Gasteiger partial charge on any atom is -0.271 e. The lowest BCUT2D eigenvalue weighted by molar-refractivity contribution is 0.577. The van der Waals surface area contributed by atoms with Crippen LogP contribution in [0.25, 0.3) is 0 Å². The fourth-order valence-corrected chi connectivity index (χ4v) is 2.70. The summed E-state index contributed by atoms with van der Waals surface area (Å²) in [6.07, 6.45) is 1.88. The van der Waals surface area contributed by atoms with Crippen LogP contribution in [0.15, 0.2) is 41.4 Å². The summed E-state index contributed by atoms with van der Waals surface area (Å²) in [6, 6.07) is 10.0. The van der Waals surface area contributed by atoms with Crippen molar-refractivity contribution in [1.29, 1.82) is 5.26 Å². The zero-order chi connectivity index (χ0) is 14.6. The maximum Gasteiger partial charge on any atom is 0.240 e. The van der Waals surface area contributed by atoms with Crippen molar-refractivity contribution in [2.45, 2.75) is 17.9 Å². The molecular formula is C13H14N4O2S. The summed E-state index contributed by atoms with van der Waals surface area (Å²) in [4.78, 5) is 0.182. The van der Waals surface area contributed by atoms with Gasteiger partial charge >= 0.3 is 0 Å². The Labute approximate surface area is 117 Å². The van der Waals surface area contributed by atoms with Crippen LogP contribution in [0.1, 0.15) is 11.3 Å². The molecule has 0 atom stereocenters. The first-order chi connectivity index (χ1) is 9.53. The Morgan fingerprint density at radius 3 is 2.55 bits per heavy atom. The van der Waals surface area contributed by atoms with Gasteiger partial charge in [-0.15, -0.1) is 0 Å². The van der Waals surface area contributed by atoms with Crippen molar-refractivity contribution in [3.63, 3.8) is 0 Å². The second-order valence-electron chi connectivity index (χ2n) is 4.25. The summed E-state index contributed by atoms with van der Waals surface area (Å²) in [5.41, 5.74) is 1.56. The van der Waals surface area contributed by atoms with E-state index in [4.69, 9.17) is 5.26 Å². The van der Waals surface area contributed by atoms with Crippen molar-refractivity contribution in [2.24, 2.45) is 7.05 Å². The molecule has 0 aliphatic carbocycles. The fraction of sp³-hybridized carbons (Fsp3) is 0.231. The maximum absolute atomic E-state index is 12.1. The molecule has 0 fully saturated rings. The quantitative estimate of drug-likeness (QED) is 0.888. The summed E-state index contributed by atoms with van der Waals surface area (Å²) in [6.45, 7) is 0.179. The molecule has 0 aliphatic heterocycles. The van der Waals surface area contributed by atoms with Gasteiger partial charge in [-0.05, 0) is 23.8 Å². The van der Waals surface area contributed by atoms with Crippen LogP contribution in [0.4, 0.5) is 0 Å². The molecule has 0 unspecified atom stereocenters. The molecule has 0 amide bonds. The molecule has 7 heteroatoms.